The average Bonchev–Trinajstić information content (AvgIpc) is 2.39. The van der Waals surface area contributed by atoms with E-state index in [1.807, 2.05) is 11.8 Å². The van der Waals surface area contributed by atoms with Crippen LogP contribution in [0.25, 0.3) is 0 Å². The molecule has 0 spiro atoms. The van der Waals surface area contributed by atoms with E-state index < -0.39 is 0 Å². The molecule has 0 radical (unpaired) electrons. The molecule has 1 saturated carbocycles. The van der Waals surface area contributed by atoms with Crippen molar-refractivity contribution in [2.45, 2.75) is 43.9 Å². The predicted octanol–water partition coefficient (Wildman–Crippen LogP) is 2.24. The summed E-state index contributed by atoms with van der Waals surface area (Å²) in [5.41, 5.74) is 0. The van der Waals surface area contributed by atoms with Crippen molar-refractivity contribution >= 4 is 17.8 Å². The quantitative estimate of drug-likeness (QED) is 0.706. The molecule has 0 bridgehead atoms. The first-order chi connectivity index (χ1) is 9.21. The average molecular weight is 286 g/mol. The topological polar surface area (TPSA) is 52.6 Å². The molecule has 110 valence electrons. The molecule has 2 atom stereocenters. The summed E-state index contributed by atoms with van der Waals surface area (Å²) in [6, 6.07) is 0.192. The summed E-state index contributed by atoms with van der Waals surface area (Å²) in [5, 5.41) is 12.7. The number of amides is 2. The first-order valence-electron chi connectivity index (χ1n) is 7.10. The number of nitrogens with one attached hydrogen (secondary N) is 1. The molecular formula is C14H26N2O2S. The normalized spacial score (nSPS) is 22.8. The second-order valence-corrected chi connectivity index (χ2v) is 6.43. The van der Waals surface area contributed by atoms with Gasteiger partial charge in [-0.15, -0.1) is 6.58 Å². The van der Waals surface area contributed by atoms with Gasteiger partial charge in [0.1, 0.15) is 0 Å². The molecule has 0 aromatic carbocycles. The molecule has 1 aliphatic carbocycles. The van der Waals surface area contributed by atoms with Crippen molar-refractivity contribution in [3.63, 3.8) is 0 Å². The van der Waals surface area contributed by atoms with Crippen LogP contribution in [0.5, 0.6) is 0 Å². The van der Waals surface area contributed by atoms with E-state index in [1.54, 1.807) is 11.0 Å². The minimum atomic E-state index is -0.0823. The Bertz CT molecular complexity index is 285. The van der Waals surface area contributed by atoms with Crippen molar-refractivity contribution in [1.82, 2.24) is 10.2 Å². The van der Waals surface area contributed by atoms with E-state index in [4.69, 9.17) is 5.11 Å². The van der Waals surface area contributed by atoms with E-state index in [0.29, 0.717) is 18.3 Å². The minimum absolute atomic E-state index is 0.0137. The summed E-state index contributed by atoms with van der Waals surface area (Å²) in [5.74, 6) is 1.14. The number of aliphatic hydroxyl groups excluding tert-OH is 1. The van der Waals surface area contributed by atoms with Crippen LogP contribution in [-0.4, -0.2) is 52.8 Å². The molecule has 0 aliphatic heterocycles. The third kappa shape index (κ3) is 5.87. The van der Waals surface area contributed by atoms with Crippen molar-refractivity contribution < 1.29 is 9.90 Å². The van der Waals surface area contributed by atoms with Gasteiger partial charge < -0.3 is 15.3 Å². The molecule has 1 fully saturated rings. The van der Waals surface area contributed by atoms with Crippen LogP contribution in [0, 0.1) is 0 Å². The van der Waals surface area contributed by atoms with Crippen molar-refractivity contribution in [3.05, 3.63) is 12.7 Å². The Labute approximate surface area is 120 Å². The Morgan fingerprint density at radius 1 is 1.58 bits per heavy atom. The lowest BCUT2D eigenvalue weighted by atomic mass is 9.95. The number of carbonyl (C=O) groups excluding carboxylic acids is 1. The first-order valence-corrected chi connectivity index (χ1v) is 8.14. The predicted molar refractivity (Wildman–Crippen MR) is 81.6 cm³/mol. The molecule has 0 aromatic rings. The number of nitrogens with zero attached hydrogens (tertiary/aromatic N) is 1. The van der Waals surface area contributed by atoms with Gasteiger partial charge in [-0.25, -0.2) is 4.79 Å². The Kier molecular flexibility index (Phi) is 7.98. The van der Waals surface area contributed by atoms with Crippen molar-refractivity contribution in [1.29, 1.82) is 0 Å². The maximum absolute atomic E-state index is 12.1. The lowest BCUT2D eigenvalue weighted by Crippen LogP contribution is -2.47. The van der Waals surface area contributed by atoms with Gasteiger partial charge in [0, 0.05) is 24.4 Å². The number of rotatable bonds is 7. The summed E-state index contributed by atoms with van der Waals surface area (Å²) in [6.07, 6.45) is 6.26. The molecule has 2 unspecified atom stereocenters. The fourth-order valence-corrected chi connectivity index (χ4v) is 3.65. The monoisotopic (exact) mass is 286 g/mol. The maximum Gasteiger partial charge on any atom is 0.317 e. The van der Waals surface area contributed by atoms with Crippen molar-refractivity contribution in [2.75, 3.05) is 25.4 Å². The Morgan fingerprint density at radius 2 is 2.37 bits per heavy atom. The molecule has 0 saturated heterocycles. The van der Waals surface area contributed by atoms with E-state index in [2.05, 4.69) is 18.8 Å². The Morgan fingerprint density at radius 3 is 3.00 bits per heavy atom. The van der Waals surface area contributed by atoms with Gasteiger partial charge in [-0.1, -0.05) is 19.4 Å². The fourth-order valence-electron chi connectivity index (χ4n) is 2.48. The standard InChI is InChI=1S/C14H26N2O2S/c1-3-8-16(9-10-17)14(18)15-12-6-5-7-13(11-12)19-4-2/h3,12-13,17H,1,4-11H2,2H3,(H,15,18). The number of thioether (sulfide) groups is 1. The molecule has 2 amide bonds. The third-order valence-corrected chi connectivity index (χ3v) is 4.60. The highest BCUT2D eigenvalue weighted by molar-refractivity contribution is 7.99. The van der Waals surface area contributed by atoms with Gasteiger partial charge in [-0.05, 0) is 25.0 Å². The molecule has 2 N–H and O–H groups in total. The van der Waals surface area contributed by atoms with Crippen LogP contribution in [0.15, 0.2) is 12.7 Å². The fraction of sp³-hybridized carbons (Fsp3) is 0.786. The summed E-state index contributed by atoms with van der Waals surface area (Å²) in [7, 11) is 0. The second-order valence-electron chi connectivity index (χ2n) is 4.85. The van der Waals surface area contributed by atoms with Crippen molar-refractivity contribution in [2.24, 2.45) is 0 Å². The van der Waals surface area contributed by atoms with Crippen molar-refractivity contribution in [3.8, 4) is 0 Å². The molecule has 0 heterocycles. The summed E-state index contributed by atoms with van der Waals surface area (Å²) in [4.78, 5) is 13.7. The van der Waals surface area contributed by atoms with Gasteiger partial charge >= 0.3 is 6.03 Å². The summed E-state index contributed by atoms with van der Waals surface area (Å²) < 4.78 is 0. The van der Waals surface area contributed by atoms with E-state index >= 15 is 0 Å². The smallest absolute Gasteiger partial charge is 0.317 e. The molecule has 0 aromatic heterocycles. The van der Waals surface area contributed by atoms with Gasteiger partial charge in [0.2, 0.25) is 0 Å². The zero-order chi connectivity index (χ0) is 14.1. The van der Waals surface area contributed by atoms with Gasteiger partial charge in [-0.3, -0.25) is 0 Å². The highest BCUT2D eigenvalue weighted by Crippen LogP contribution is 2.28. The molecule has 1 aliphatic rings. The van der Waals surface area contributed by atoms with E-state index in [0.717, 1.165) is 18.6 Å². The minimum Gasteiger partial charge on any atom is -0.395 e. The van der Waals surface area contributed by atoms with Crippen LogP contribution in [0.2, 0.25) is 0 Å². The SMILES string of the molecule is C=CCN(CCO)C(=O)NC1CCCC(SCC)C1. The van der Waals surface area contributed by atoms with Gasteiger partial charge in [0.25, 0.3) is 0 Å². The number of aliphatic hydroxyl groups is 1. The molecular weight excluding hydrogens is 260 g/mol. The zero-order valence-electron chi connectivity index (χ0n) is 11.8. The van der Waals surface area contributed by atoms with E-state index in [9.17, 15) is 4.79 Å². The van der Waals surface area contributed by atoms with Crippen LogP contribution >= 0.6 is 11.8 Å². The van der Waals surface area contributed by atoms with Gasteiger partial charge in [0.15, 0.2) is 0 Å². The highest BCUT2D eigenvalue weighted by atomic mass is 32.2. The summed E-state index contributed by atoms with van der Waals surface area (Å²) >= 11 is 1.99. The van der Waals surface area contributed by atoms with Crippen LogP contribution in [0.3, 0.4) is 0 Å². The number of carbonyl (C=O) groups is 1. The van der Waals surface area contributed by atoms with E-state index in [1.165, 1.54) is 12.8 Å². The van der Waals surface area contributed by atoms with Crippen LogP contribution < -0.4 is 5.32 Å². The molecule has 5 heteroatoms. The van der Waals surface area contributed by atoms with Gasteiger partial charge in [0.05, 0.1) is 6.61 Å². The molecule has 4 nitrogen and oxygen atoms in total. The number of hydrogen-bond acceptors (Lipinski definition) is 3. The largest absolute Gasteiger partial charge is 0.395 e. The van der Waals surface area contributed by atoms with E-state index in [-0.39, 0.29) is 18.7 Å². The summed E-state index contributed by atoms with van der Waals surface area (Å²) in [6.45, 7) is 6.65. The van der Waals surface area contributed by atoms with Crippen LogP contribution in [-0.2, 0) is 0 Å². The number of urea groups is 1. The molecule has 1 rings (SSSR count). The first kappa shape index (κ1) is 16.4. The Hall–Kier alpha value is -0.680. The second kappa shape index (κ2) is 9.26. The lowest BCUT2D eigenvalue weighted by molar-refractivity contribution is 0.177. The highest BCUT2D eigenvalue weighted by Gasteiger charge is 2.24. The Balaban J connectivity index is 2.42. The third-order valence-electron chi connectivity index (χ3n) is 3.36. The van der Waals surface area contributed by atoms with Gasteiger partial charge in [-0.2, -0.15) is 11.8 Å². The lowest BCUT2D eigenvalue weighted by Gasteiger charge is -2.31. The number of hydrogen-bond donors (Lipinski definition) is 2. The maximum atomic E-state index is 12.1. The molecule has 19 heavy (non-hydrogen) atoms. The van der Waals surface area contributed by atoms with Crippen LogP contribution in [0.1, 0.15) is 32.6 Å². The zero-order valence-corrected chi connectivity index (χ0v) is 12.6. The van der Waals surface area contributed by atoms with Crippen LogP contribution in [0.4, 0.5) is 4.79 Å².